The molecule has 0 aromatic heterocycles. The monoisotopic (exact) mass is 226 g/mol. The number of rotatable bonds is 3. The van der Waals surface area contributed by atoms with Crippen LogP contribution < -0.4 is 0 Å². The third kappa shape index (κ3) is 2.99. The standard InChI is InChI=1S/C11H11ClO3/c1-14-7-10(11(13)15-2)8-3-5-9(12)6-4-8/h3-7H,1-2H3/b10-7+. The smallest absolute Gasteiger partial charge is 0.341 e. The third-order valence-corrected chi connectivity index (χ3v) is 2.05. The Balaban J connectivity index is 3.05. The molecule has 3 nitrogen and oxygen atoms in total. The summed E-state index contributed by atoms with van der Waals surface area (Å²) in [5.41, 5.74) is 1.06. The zero-order valence-electron chi connectivity index (χ0n) is 8.49. The number of halogens is 1. The van der Waals surface area contributed by atoms with Crippen LogP contribution in [-0.2, 0) is 14.3 Å². The number of ether oxygens (including phenoxy) is 2. The third-order valence-electron chi connectivity index (χ3n) is 1.80. The van der Waals surface area contributed by atoms with E-state index in [4.69, 9.17) is 16.3 Å². The molecular weight excluding hydrogens is 216 g/mol. The summed E-state index contributed by atoms with van der Waals surface area (Å²) in [4.78, 5) is 11.4. The van der Waals surface area contributed by atoms with E-state index in [2.05, 4.69) is 4.74 Å². The number of hydrogen-bond acceptors (Lipinski definition) is 3. The summed E-state index contributed by atoms with van der Waals surface area (Å²) in [6.45, 7) is 0. The summed E-state index contributed by atoms with van der Waals surface area (Å²) in [7, 11) is 2.79. The number of carbonyl (C=O) groups is 1. The number of hydrogen-bond donors (Lipinski definition) is 0. The van der Waals surface area contributed by atoms with Crippen molar-refractivity contribution in [3.8, 4) is 0 Å². The van der Waals surface area contributed by atoms with Crippen LogP contribution >= 0.6 is 11.6 Å². The van der Waals surface area contributed by atoms with Crippen LogP contribution in [-0.4, -0.2) is 20.2 Å². The first-order chi connectivity index (χ1) is 7.19. The van der Waals surface area contributed by atoms with Crippen molar-refractivity contribution in [1.29, 1.82) is 0 Å². The van der Waals surface area contributed by atoms with Gasteiger partial charge in [-0.05, 0) is 17.7 Å². The van der Waals surface area contributed by atoms with Gasteiger partial charge in [0, 0.05) is 5.02 Å². The van der Waals surface area contributed by atoms with Gasteiger partial charge in [0.1, 0.15) is 5.57 Å². The summed E-state index contributed by atoms with van der Waals surface area (Å²) < 4.78 is 9.45. The molecule has 0 saturated heterocycles. The first-order valence-electron chi connectivity index (χ1n) is 4.26. The molecule has 0 N–H and O–H groups in total. The second-order valence-electron chi connectivity index (χ2n) is 2.77. The van der Waals surface area contributed by atoms with Gasteiger partial charge in [0.15, 0.2) is 0 Å². The Labute approximate surface area is 93.3 Å². The van der Waals surface area contributed by atoms with Gasteiger partial charge in [0.2, 0.25) is 0 Å². The van der Waals surface area contributed by atoms with Gasteiger partial charge < -0.3 is 9.47 Å². The maximum atomic E-state index is 11.4. The highest BCUT2D eigenvalue weighted by Crippen LogP contribution is 2.18. The lowest BCUT2D eigenvalue weighted by atomic mass is 10.1. The molecule has 1 aromatic carbocycles. The summed E-state index contributed by atoms with van der Waals surface area (Å²) in [6, 6.07) is 6.85. The van der Waals surface area contributed by atoms with Crippen LogP contribution in [0.15, 0.2) is 30.5 Å². The van der Waals surface area contributed by atoms with Gasteiger partial charge in [0.25, 0.3) is 0 Å². The summed E-state index contributed by atoms with van der Waals surface area (Å²) in [6.07, 6.45) is 1.34. The molecule has 0 atom stereocenters. The van der Waals surface area contributed by atoms with Gasteiger partial charge in [-0.1, -0.05) is 23.7 Å². The molecule has 0 radical (unpaired) electrons. The maximum absolute atomic E-state index is 11.4. The molecule has 0 unspecified atom stereocenters. The molecule has 0 saturated carbocycles. The van der Waals surface area contributed by atoms with E-state index in [0.29, 0.717) is 16.2 Å². The molecule has 1 aromatic rings. The van der Waals surface area contributed by atoms with Crippen molar-refractivity contribution in [3.63, 3.8) is 0 Å². The molecule has 1 rings (SSSR count). The first-order valence-corrected chi connectivity index (χ1v) is 4.64. The van der Waals surface area contributed by atoms with Crippen molar-refractivity contribution >= 4 is 23.1 Å². The van der Waals surface area contributed by atoms with E-state index in [0.717, 1.165) is 0 Å². The van der Waals surface area contributed by atoms with Crippen LogP contribution in [0.3, 0.4) is 0 Å². The SMILES string of the molecule is CO/C=C(/C(=O)OC)c1ccc(Cl)cc1. The molecule has 0 spiro atoms. The fourth-order valence-electron chi connectivity index (χ4n) is 1.09. The molecule has 0 fully saturated rings. The lowest BCUT2D eigenvalue weighted by Gasteiger charge is -2.05. The minimum Gasteiger partial charge on any atom is -0.503 e. The minimum absolute atomic E-state index is 0.358. The zero-order valence-corrected chi connectivity index (χ0v) is 9.25. The quantitative estimate of drug-likeness (QED) is 0.451. The van der Waals surface area contributed by atoms with Crippen LogP contribution in [0.5, 0.6) is 0 Å². The highest BCUT2D eigenvalue weighted by molar-refractivity contribution is 6.30. The molecule has 80 valence electrons. The van der Waals surface area contributed by atoms with Crippen molar-refractivity contribution in [2.45, 2.75) is 0 Å². The Morgan fingerprint density at radius 2 is 1.87 bits per heavy atom. The lowest BCUT2D eigenvalue weighted by Crippen LogP contribution is -2.04. The van der Waals surface area contributed by atoms with E-state index in [-0.39, 0.29) is 0 Å². The van der Waals surface area contributed by atoms with Crippen LogP contribution in [0, 0.1) is 0 Å². The molecule has 0 aliphatic carbocycles. The van der Waals surface area contributed by atoms with Crippen LogP contribution in [0.2, 0.25) is 5.02 Å². The molecule has 0 aliphatic heterocycles. The highest BCUT2D eigenvalue weighted by Gasteiger charge is 2.12. The van der Waals surface area contributed by atoms with E-state index in [1.165, 1.54) is 20.5 Å². The van der Waals surface area contributed by atoms with Crippen molar-refractivity contribution < 1.29 is 14.3 Å². The average molecular weight is 227 g/mol. The van der Waals surface area contributed by atoms with Crippen LogP contribution in [0.4, 0.5) is 0 Å². The topological polar surface area (TPSA) is 35.5 Å². The molecule has 0 heterocycles. The van der Waals surface area contributed by atoms with Gasteiger partial charge in [-0.15, -0.1) is 0 Å². The first kappa shape index (κ1) is 11.6. The van der Waals surface area contributed by atoms with Gasteiger partial charge in [-0.2, -0.15) is 0 Å². The fourth-order valence-corrected chi connectivity index (χ4v) is 1.22. The molecule has 0 aliphatic rings. The molecule has 4 heteroatoms. The van der Waals surface area contributed by atoms with Gasteiger partial charge in [0.05, 0.1) is 20.5 Å². The number of carbonyl (C=O) groups excluding carboxylic acids is 1. The van der Waals surface area contributed by atoms with Gasteiger partial charge in [-0.3, -0.25) is 0 Å². The number of esters is 1. The van der Waals surface area contributed by atoms with Crippen molar-refractivity contribution in [3.05, 3.63) is 41.1 Å². The summed E-state index contributed by atoms with van der Waals surface area (Å²) in [5, 5.41) is 0.611. The molecule has 15 heavy (non-hydrogen) atoms. The molecule has 0 amide bonds. The second-order valence-corrected chi connectivity index (χ2v) is 3.20. The Morgan fingerprint density at radius 1 is 1.27 bits per heavy atom. The van der Waals surface area contributed by atoms with Crippen LogP contribution in [0.25, 0.3) is 5.57 Å². The van der Waals surface area contributed by atoms with Crippen LogP contribution in [0.1, 0.15) is 5.56 Å². The van der Waals surface area contributed by atoms with E-state index in [9.17, 15) is 4.79 Å². The lowest BCUT2D eigenvalue weighted by molar-refractivity contribution is -0.133. The predicted octanol–water partition coefficient (Wildman–Crippen LogP) is 2.50. The van der Waals surface area contributed by atoms with Crippen molar-refractivity contribution in [1.82, 2.24) is 0 Å². The van der Waals surface area contributed by atoms with Crippen molar-refractivity contribution in [2.24, 2.45) is 0 Å². The van der Waals surface area contributed by atoms with Gasteiger partial charge in [-0.25, -0.2) is 4.79 Å². The highest BCUT2D eigenvalue weighted by atomic mass is 35.5. The Morgan fingerprint density at radius 3 is 2.33 bits per heavy atom. The largest absolute Gasteiger partial charge is 0.503 e. The van der Waals surface area contributed by atoms with Gasteiger partial charge >= 0.3 is 5.97 Å². The Hall–Kier alpha value is -1.48. The Bertz CT molecular complexity index is 368. The summed E-state index contributed by atoms with van der Waals surface area (Å²) >= 11 is 5.74. The maximum Gasteiger partial charge on any atom is 0.341 e. The van der Waals surface area contributed by atoms with E-state index in [1.54, 1.807) is 24.3 Å². The number of benzene rings is 1. The molecular formula is C11H11ClO3. The Kier molecular flexibility index (Phi) is 4.18. The van der Waals surface area contributed by atoms with E-state index in [1.807, 2.05) is 0 Å². The average Bonchev–Trinajstić information content (AvgIpc) is 2.26. The van der Waals surface area contributed by atoms with E-state index >= 15 is 0 Å². The predicted molar refractivity (Wildman–Crippen MR) is 58.5 cm³/mol. The minimum atomic E-state index is -0.445. The molecule has 0 bridgehead atoms. The van der Waals surface area contributed by atoms with Crippen molar-refractivity contribution in [2.75, 3.05) is 14.2 Å². The summed E-state index contributed by atoms with van der Waals surface area (Å²) in [5.74, 6) is -0.445. The second kappa shape index (κ2) is 5.41. The fraction of sp³-hybridized carbons (Fsp3) is 0.182. The number of methoxy groups -OCH3 is 2. The zero-order chi connectivity index (χ0) is 11.3. The normalized spacial score (nSPS) is 11.0. The van der Waals surface area contributed by atoms with E-state index < -0.39 is 5.97 Å².